The van der Waals surface area contributed by atoms with Crippen molar-refractivity contribution < 1.29 is 4.74 Å². The van der Waals surface area contributed by atoms with Crippen molar-refractivity contribution in [2.45, 2.75) is 5.16 Å². The second-order valence-electron chi connectivity index (χ2n) is 4.11. The van der Waals surface area contributed by atoms with E-state index in [-0.39, 0.29) is 0 Å². The predicted molar refractivity (Wildman–Crippen MR) is 84.4 cm³/mol. The lowest BCUT2D eigenvalue weighted by atomic mass is 10.3. The van der Waals surface area contributed by atoms with Gasteiger partial charge in [0.25, 0.3) is 0 Å². The number of hydrogen-bond acceptors (Lipinski definition) is 6. The molecule has 20 heavy (non-hydrogen) atoms. The van der Waals surface area contributed by atoms with Crippen LogP contribution in [0.4, 0.5) is 17.3 Å². The largest absolute Gasteiger partial charge is 0.497 e. The van der Waals surface area contributed by atoms with E-state index in [1.165, 1.54) is 11.8 Å². The van der Waals surface area contributed by atoms with Crippen LogP contribution in [-0.4, -0.2) is 37.4 Å². The molecule has 1 heterocycles. The fraction of sp³-hybridized carbons (Fsp3) is 0.286. The molecule has 0 amide bonds. The van der Waals surface area contributed by atoms with Gasteiger partial charge in [0, 0.05) is 25.8 Å². The topological polar surface area (TPSA) is 50.3 Å². The fourth-order valence-corrected chi connectivity index (χ4v) is 2.12. The lowest BCUT2D eigenvalue weighted by Gasteiger charge is -2.19. The number of hydrogen-bond donors (Lipinski definition) is 1. The first kappa shape index (κ1) is 14.5. The summed E-state index contributed by atoms with van der Waals surface area (Å²) in [5.74, 6) is 2.49. The van der Waals surface area contributed by atoms with Crippen molar-refractivity contribution in [2.24, 2.45) is 0 Å². The summed E-state index contributed by atoms with van der Waals surface area (Å²) in [6.07, 6.45) is 1.96. The van der Waals surface area contributed by atoms with Crippen molar-refractivity contribution in [3.8, 4) is 5.75 Å². The van der Waals surface area contributed by atoms with Crippen LogP contribution in [-0.2, 0) is 0 Å². The van der Waals surface area contributed by atoms with Gasteiger partial charge in [0.15, 0.2) is 5.16 Å². The maximum absolute atomic E-state index is 5.17. The van der Waals surface area contributed by atoms with E-state index in [4.69, 9.17) is 4.74 Å². The van der Waals surface area contributed by atoms with E-state index in [0.717, 1.165) is 28.2 Å². The van der Waals surface area contributed by atoms with Gasteiger partial charge in [-0.1, -0.05) is 11.8 Å². The number of aromatic nitrogens is 2. The number of ether oxygens (including phenoxy) is 1. The standard InChI is InChI=1S/C14H18N4OS/c1-15-12-9-13(17-14(16-12)20-4)18(2)10-5-7-11(19-3)8-6-10/h5-9H,1-4H3,(H,15,16,17). The SMILES string of the molecule is CNc1cc(N(C)c2ccc(OC)cc2)nc(SC)n1. The summed E-state index contributed by atoms with van der Waals surface area (Å²) in [7, 11) is 5.49. The van der Waals surface area contributed by atoms with Gasteiger partial charge in [-0.3, -0.25) is 0 Å². The maximum atomic E-state index is 5.17. The molecule has 6 heteroatoms. The molecule has 0 aliphatic heterocycles. The third-order valence-corrected chi connectivity index (χ3v) is 3.48. The maximum Gasteiger partial charge on any atom is 0.191 e. The Hall–Kier alpha value is -1.95. The molecule has 0 atom stereocenters. The highest BCUT2D eigenvalue weighted by atomic mass is 32.2. The minimum atomic E-state index is 0.743. The van der Waals surface area contributed by atoms with E-state index in [1.54, 1.807) is 7.11 Å². The number of nitrogens with one attached hydrogen (secondary N) is 1. The van der Waals surface area contributed by atoms with Gasteiger partial charge < -0.3 is 15.0 Å². The molecular weight excluding hydrogens is 272 g/mol. The zero-order chi connectivity index (χ0) is 14.5. The van der Waals surface area contributed by atoms with Crippen molar-refractivity contribution in [1.29, 1.82) is 0 Å². The van der Waals surface area contributed by atoms with Crippen LogP contribution in [0.15, 0.2) is 35.5 Å². The Bertz CT molecular complexity index is 552. The molecule has 0 aliphatic rings. The van der Waals surface area contributed by atoms with E-state index in [9.17, 15) is 0 Å². The summed E-state index contributed by atoms with van der Waals surface area (Å²) < 4.78 is 5.17. The summed E-state index contributed by atoms with van der Waals surface area (Å²) in [6, 6.07) is 9.78. The van der Waals surface area contributed by atoms with E-state index < -0.39 is 0 Å². The summed E-state index contributed by atoms with van der Waals surface area (Å²) in [4.78, 5) is 10.9. The highest BCUT2D eigenvalue weighted by Crippen LogP contribution is 2.26. The average molecular weight is 290 g/mol. The van der Waals surface area contributed by atoms with Gasteiger partial charge in [0.1, 0.15) is 17.4 Å². The normalized spacial score (nSPS) is 10.2. The highest BCUT2D eigenvalue weighted by molar-refractivity contribution is 7.98. The van der Waals surface area contributed by atoms with E-state index in [0.29, 0.717) is 0 Å². The molecule has 1 N–H and O–H groups in total. The van der Waals surface area contributed by atoms with Crippen molar-refractivity contribution in [3.05, 3.63) is 30.3 Å². The van der Waals surface area contributed by atoms with Crippen LogP contribution in [0.25, 0.3) is 0 Å². The monoisotopic (exact) mass is 290 g/mol. The van der Waals surface area contributed by atoms with Crippen LogP contribution < -0.4 is 15.0 Å². The Morgan fingerprint density at radius 2 is 1.90 bits per heavy atom. The Labute approximate surface area is 123 Å². The fourth-order valence-electron chi connectivity index (χ4n) is 1.74. The number of benzene rings is 1. The number of anilines is 3. The summed E-state index contributed by atoms with van der Waals surface area (Å²) >= 11 is 1.52. The van der Waals surface area contributed by atoms with Crippen LogP contribution in [0.2, 0.25) is 0 Å². The van der Waals surface area contributed by atoms with Gasteiger partial charge in [-0.2, -0.15) is 0 Å². The van der Waals surface area contributed by atoms with Crippen molar-refractivity contribution in [2.75, 3.05) is 37.7 Å². The lowest BCUT2D eigenvalue weighted by molar-refractivity contribution is 0.415. The average Bonchev–Trinajstić information content (AvgIpc) is 2.53. The molecule has 106 valence electrons. The van der Waals surface area contributed by atoms with Gasteiger partial charge in [0.05, 0.1) is 7.11 Å². The van der Waals surface area contributed by atoms with E-state index in [2.05, 4.69) is 15.3 Å². The van der Waals surface area contributed by atoms with Gasteiger partial charge in [-0.25, -0.2) is 9.97 Å². The predicted octanol–water partition coefficient (Wildman–Crippen LogP) is 3.02. The van der Waals surface area contributed by atoms with Gasteiger partial charge in [0.2, 0.25) is 0 Å². The number of rotatable bonds is 5. The molecule has 0 spiro atoms. The first-order valence-electron chi connectivity index (χ1n) is 6.16. The molecule has 2 rings (SSSR count). The van der Waals surface area contributed by atoms with Gasteiger partial charge in [-0.05, 0) is 30.5 Å². The molecule has 0 bridgehead atoms. The third-order valence-electron chi connectivity index (χ3n) is 2.93. The van der Waals surface area contributed by atoms with E-state index >= 15 is 0 Å². The quantitative estimate of drug-likeness (QED) is 0.675. The highest BCUT2D eigenvalue weighted by Gasteiger charge is 2.09. The van der Waals surface area contributed by atoms with Crippen LogP contribution in [0.3, 0.4) is 0 Å². The Kier molecular flexibility index (Phi) is 4.68. The molecule has 5 nitrogen and oxygen atoms in total. The second-order valence-corrected chi connectivity index (χ2v) is 4.88. The zero-order valence-corrected chi connectivity index (χ0v) is 12.9. The summed E-state index contributed by atoms with van der Waals surface area (Å²) in [5, 5.41) is 3.80. The van der Waals surface area contributed by atoms with Crippen LogP contribution in [0.1, 0.15) is 0 Å². The van der Waals surface area contributed by atoms with Crippen LogP contribution in [0.5, 0.6) is 5.75 Å². The smallest absolute Gasteiger partial charge is 0.191 e. The summed E-state index contributed by atoms with van der Waals surface area (Å²) in [5.41, 5.74) is 1.04. The number of thioether (sulfide) groups is 1. The molecule has 0 fully saturated rings. The first-order valence-corrected chi connectivity index (χ1v) is 7.39. The van der Waals surface area contributed by atoms with Gasteiger partial charge >= 0.3 is 0 Å². The summed E-state index contributed by atoms with van der Waals surface area (Å²) in [6.45, 7) is 0. The van der Waals surface area contributed by atoms with Crippen molar-refractivity contribution in [1.82, 2.24) is 9.97 Å². The minimum Gasteiger partial charge on any atom is -0.497 e. The molecule has 1 aromatic heterocycles. The Balaban J connectivity index is 2.33. The van der Waals surface area contributed by atoms with Crippen molar-refractivity contribution >= 4 is 29.1 Å². The molecule has 0 radical (unpaired) electrons. The molecule has 0 saturated carbocycles. The molecule has 0 unspecified atom stereocenters. The molecule has 1 aromatic carbocycles. The molecular formula is C14H18N4OS. The van der Waals surface area contributed by atoms with Crippen LogP contribution >= 0.6 is 11.8 Å². The second kappa shape index (κ2) is 6.47. The van der Waals surface area contributed by atoms with Gasteiger partial charge in [-0.15, -0.1) is 0 Å². The molecule has 0 saturated heterocycles. The molecule has 2 aromatic rings. The Morgan fingerprint density at radius 1 is 1.20 bits per heavy atom. The first-order chi connectivity index (χ1) is 9.67. The third kappa shape index (κ3) is 3.14. The Morgan fingerprint density at radius 3 is 2.45 bits per heavy atom. The minimum absolute atomic E-state index is 0.743. The zero-order valence-electron chi connectivity index (χ0n) is 12.0. The van der Waals surface area contributed by atoms with Crippen molar-refractivity contribution in [3.63, 3.8) is 0 Å². The van der Waals surface area contributed by atoms with E-state index in [1.807, 2.05) is 55.6 Å². The molecule has 0 aliphatic carbocycles. The number of methoxy groups -OCH3 is 1. The number of nitrogens with zero attached hydrogens (tertiary/aromatic N) is 3. The lowest BCUT2D eigenvalue weighted by Crippen LogP contribution is -2.12. The van der Waals surface area contributed by atoms with Crippen LogP contribution in [0, 0.1) is 0 Å².